The van der Waals surface area contributed by atoms with E-state index in [2.05, 4.69) is 38.4 Å². The van der Waals surface area contributed by atoms with Gasteiger partial charge in [-0.1, -0.05) is 54.1 Å². The highest BCUT2D eigenvalue weighted by atomic mass is 35.5. The molecular weight excluding hydrogens is 332 g/mol. The van der Waals surface area contributed by atoms with Crippen molar-refractivity contribution in [3.63, 3.8) is 0 Å². The summed E-state index contributed by atoms with van der Waals surface area (Å²) in [7, 11) is 2.03. The van der Waals surface area contributed by atoms with Crippen molar-refractivity contribution in [3.05, 3.63) is 83.1 Å². The zero-order valence-electron chi connectivity index (χ0n) is 14.2. The average Bonchev–Trinajstić information content (AvgIpc) is 2.63. The number of benzene rings is 2. The SMILES string of the molecule is CN(Cc1ccccc1)c1cc(NCCc2cccc(Cl)c2)ncn1. The lowest BCUT2D eigenvalue weighted by Gasteiger charge is -2.18. The van der Waals surface area contributed by atoms with Crippen LogP contribution in [0.5, 0.6) is 0 Å². The van der Waals surface area contributed by atoms with Crippen LogP contribution >= 0.6 is 11.6 Å². The van der Waals surface area contributed by atoms with Crippen molar-refractivity contribution < 1.29 is 0 Å². The first-order valence-corrected chi connectivity index (χ1v) is 8.64. The van der Waals surface area contributed by atoms with Gasteiger partial charge in [0, 0.05) is 31.2 Å². The monoisotopic (exact) mass is 352 g/mol. The average molecular weight is 353 g/mol. The topological polar surface area (TPSA) is 41.0 Å². The molecule has 0 saturated heterocycles. The molecule has 0 atom stereocenters. The Bertz CT molecular complexity index is 808. The summed E-state index contributed by atoms with van der Waals surface area (Å²) >= 11 is 6.02. The Morgan fingerprint density at radius 2 is 1.76 bits per heavy atom. The standard InChI is InChI=1S/C20H21ClN4/c1-25(14-17-6-3-2-4-7-17)20-13-19(23-15-24-20)22-11-10-16-8-5-9-18(21)12-16/h2-9,12-13,15H,10-11,14H2,1H3,(H,22,23,24). The van der Waals surface area contributed by atoms with E-state index in [1.54, 1.807) is 6.33 Å². The van der Waals surface area contributed by atoms with Crippen molar-refractivity contribution in [1.82, 2.24) is 9.97 Å². The Morgan fingerprint density at radius 1 is 0.960 bits per heavy atom. The number of aromatic nitrogens is 2. The van der Waals surface area contributed by atoms with Gasteiger partial charge < -0.3 is 10.2 Å². The van der Waals surface area contributed by atoms with Crippen LogP contribution in [0.2, 0.25) is 5.02 Å². The summed E-state index contributed by atoms with van der Waals surface area (Å²) in [6.45, 7) is 1.60. The third kappa shape index (κ3) is 5.19. The zero-order valence-corrected chi connectivity index (χ0v) is 14.9. The molecule has 0 fully saturated rings. The molecule has 3 rings (SSSR count). The summed E-state index contributed by atoms with van der Waals surface area (Å²) < 4.78 is 0. The van der Waals surface area contributed by atoms with Crippen LogP contribution in [0.4, 0.5) is 11.6 Å². The largest absolute Gasteiger partial charge is 0.370 e. The van der Waals surface area contributed by atoms with Crippen molar-refractivity contribution in [3.8, 4) is 0 Å². The number of hydrogen-bond acceptors (Lipinski definition) is 4. The number of nitrogens with zero attached hydrogens (tertiary/aromatic N) is 3. The predicted molar refractivity (Wildman–Crippen MR) is 104 cm³/mol. The second kappa shape index (κ2) is 8.49. The van der Waals surface area contributed by atoms with E-state index in [9.17, 15) is 0 Å². The molecule has 2 aromatic carbocycles. The molecule has 0 unspecified atom stereocenters. The van der Waals surface area contributed by atoms with Crippen LogP contribution in [0.1, 0.15) is 11.1 Å². The van der Waals surface area contributed by atoms with Gasteiger partial charge in [-0.15, -0.1) is 0 Å². The van der Waals surface area contributed by atoms with Gasteiger partial charge in [0.1, 0.15) is 18.0 Å². The van der Waals surface area contributed by atoms with Crippen molar-refractivity contribution in [2.75, 3.05) is 23.8 Å². The Labute approximate surface area is 153 Å². The maximum atomic E-state index is 6.02. The minimum Gasteiger partial charge on any atom is -0.370 e. The predicted octanol–water partition coefficient (Wildman–Crippen LogP) is 4.42. The minimum absolute atomic E-state index is 0.768. The highest BCUT2D eigenvalue weighted by molar-refractivity contribution is 6.30. The molecular formula is C20H21ClN4. The summed E-state index contributed by atoms with van der Waals surface area (Å²) in [5.74, 6) is 1.72. The molecule has 25 heavy (non-hydrogen) atoms. The lowest BCUT2D eigenvalue weighted by atomic mass is 10.1. The first-order valence-electron chi connectivity index (χ1n) is 8.26. The van der Waals surface area contributed by atoms with E-state index in [0.29, 0.717) is 0 Å². The van der Waals surface area contributed by atoms with Crippen LogP contribution in [-0.4, -0.2) is 23.6 Å². The molecule has 0 bridgehead atoms. The van der Waals surface area contributed by atoms with Gasteiger partial charge in [-0.25, -0.2) is 9.97 Å². The second-order valence-corrected chi connectivity index (χ2v) is 6.35. The van der Waals surface area contributed by atoms with E-state index in [1.165, 1.54) is 11.1 Å². The van der Waals surface area contributed by atoms with Crippen LogP contribution in [0, 0.1) is 0 Å². The number of nitrogens with one attached hydrogen (secondary N) is 1. The Kier molecular flexibility index (Phi) is 5.86. The summed E-state index contributed by atoms with van der Waals surface area (Å²) in [5, 5.41) is 4.12. The van der Waals surface area contributed by atoms with E-state index in [4.69, 9.17) is 11.6 Å². The lowest BCUT2D eigenvalue weighted by molar-refractivity contribution is 0.889. The third-order valence-corrected chi connectivity index (χ3v) is 4.15. The molecule has 1 N–H and O–H groups in total. The summed E-state index contributed by atoms with van der Waals surface area (Å²) in [4.78, 5) is 10.8. The number of hydrogen-bond donors (Lipinski definition) is 1. The van der Waals surface area contributed by atoms with E-state index < -0.39 is 0 Å². The molecule has 5 heteroatoms. The van der Waals surface area contributed by atoms with E-state index in [-0.39, 0.29) is 0 Å². The maximum absolute atomic E-state index is 6.02. The summed E-state index contributed by atoms with van der Waals surface area (Å²) in [6.07, 6.45) is 2.48. The molecule has 0 radical (unpaired) electrons. The Balaban J connectivity index is 1.57. The molecule has 128 valence electrons. The summed E-state index contributed by atoms with van der Waals surface area (Å²) in [6, 6.07) is 20.2. The normalized spacial score (nSPS) is 10.5. The van der Waals surface area contributed by atoms with Gasteiger partial charge in [-0.05, 0) is 29.7 Å². The Hall–Kier alpha value is -2.59. The number of halogens is 1. The van der Waals surface area contributed by atoms with Crippen LogP contribution in [0.3, 0.4) is 0 Å². The molecule has 0 spiro atoms. The van der Waals surface area contributed by atoms with Crippen LogP contribution < -0.4 is 10.2 Å². The fourth-order valence-electron chi connectivity index (χ4n) is 2.62. The molecule has 4 nitrogen and oxygen atoms in total. The van der Waals surface area contributed by atoms with Crippen LogP contribution in [0.15, 0.2) is 67.0 Å². The molecule has 1 heterocycles. The van der Waals surface area contributed by atoms with Gasteiger partial charge in [-0.3, -0.25) is 0 Å². The smallest absolute Gasteiger partial charge is 0.134 e. The molecule has 0 aliphatic heterocycles. The highest BCUT2D eigenvalue weighted by Gasteiger charge is 2.05. The first-order chi connectivity index (χ1) is 12.2. The van der Waals surface area contributed by atoms with Gasteiger partial charge in [-0.2, -0.15) is 0 Å². The van der Waals surface area contributed by atoms with Gasteiger partial charge in [0.2, 0.25) is 0 Å². The minimum atomic E-state index is 0.768. The maximum Gasteiger partial charge on any atom is 0.134 e. The molecule has 0 saturated carbocycles. The number of anilines is 2. The molecule has 1 aromatic heterocycles. The van der Waals surface area contributed by atoms with E-state index in [1.807, 2.05) is 49.5 Å². The molecule has 0 aliphatic rings. The van der Waals surface area contributed by atoms with Gasteiger partial charge >= 0.3 is 0 Å². The zero-order chi connectivity index (χ0) is 17.5. The molecule has 3 aromatic rings. The fraction of sp³-hybridized carbons (Fsp3) is 0.200. The van der Waals surface area contributed by atoms with Crippen molar-refractivity contribution >= 4 is 23.2 Å². The quantitative estimate of drug-likeness (QED) is 0.683. The second-order valence-electron chi connectivity index (χ2n) is 5.91. The summed E-state index contributed by atoms with van der Waals surface area (Å²) in [5.41, 5.74) is 2.45. The molecule has 0 amide bonds. The fourth-order valence-corrected chi connectivity index (χ4v) is 2.83. The van der Waals surface area contributed by atoms with Crippen molar-refractivity contribution in [1.29, 1.82) is 0 Å². The van der Waals surface area contributed by atoms with Crippen molar-refractivity contribution in [2.24, 2.45) is 0 Å². The van der Waals surface area contributed by atoms with Crippen molar-refractivity contribution in [2.45, 2.75) is 13.0 Å². The molecule has 0 aliphatic carbocycles. The van der Waals surface area contributed by atoms with Crippen LogP contribution in [-0.2, 0) is 13.0 Å². The van der Waals surface area contributed by atoms with Crippen LogP contribution in [0.25, 0.3) is 0 Å². The number of rotatable bonds is 7. The van der Waals surface area contributed by atoms with Gasteiger partial charge in [0.05, 0.1) is 0 Å². The first kappa shape index (κ1) is 17.2. The highest BCUT2D eigenvalue weighted by Crippen LogP contribution is 2.16. The van der Waals surface area contributed by atoms with E-state index >= 15 is 0 Å². The third-order valence-electron chi connectivity index (χ3n) is 3.92. The van der Waals surface area contributed by atoms with Gasteiger partial charge in [0.25, 0.3) is 0 Å². The Morgan fingerprint density at radius 3 is 2.56 bits per heavy atom. The van der Waals surface area contributed by atoms with E-state index in [0.717, 1.165) is 36.2 Å². The van der Waals surface area contributed by atoms with Gasteiger partial charge in [0.15, 0.2) is 0 Å². The lowest BCUT2D eigenvalue weighted by Crippen LogP contribution is -2.18.